The molecule has 3 heterocycles. The Kier molecular flexibility index (Phi) is 6.15. The van der Waals surface area contributed by atoms with Gasteiger partial charge >= 0.3 is 0 Å². The van der Waals surface area contributed by atoms with Crippen molar-refractivity contribution in [3.63, 3.8) is 0 Å². The van der Waals surface area contributed by atoms with Crippen molar-refractivity contribution in [3.05, 3.63) is 84.8 Å². The molecule has 6 rings (SSSR count). The van der Waals surface area contributed by atoms with E-state index in [4.69, 9.17) is 16.6 Å². The molecule has 0 amide bonds. The van der Waals surface area contributed by atoms with Gasteiger partial charge in [-0.25, -0.2) is 20.9 Å². The van der Waals surface area contributed by atoms with E-state index in [1.54, 1.807) is 0 Å². The summed E-state index contributed by atoms with van der Waals surface area (Å²) in [5.41, 5.74) is 15.3. The van der Waals surface area contributed by atoms with E-state index in [9.17, 15) is 0 Å². The Hall–Kier alpha value is -4.47. The lowest BCUT2D eigenvalue weighted by molar-refractivity contribution is 0.432. The second-order valence-corrected chi connectivity index (χ2v) is 9.81. The number of hydrazone groups is 1. The van der Waals surface area contributed by atoms with Gasteiger partial charge in [-0.1, -0.05) is 48.5 Å². The number of hydrogen-bond donors (Lipinski definition) is 4. The lowest BCUT2D eigenvalue weighted by Crippen LogP contribution is -2.55. The van der Waals surface area contributed by atoms with Crippen LogP contribution in [0.5, 0.6) is 0 Å². The van der Waals surface area contributed by atoms with Gasteiger partial charge in [0.1, 0.15) is 0 Å². The van der Waals surface area contributed by atoms with Crippen molar-refractivity contribution in [2.45, 2.75) is 25.9 Å². The third kappa shape index (κ3) is 4.11. The predicted octanol–water partition coefficient (Wildman–Crippen LogP) is 3.49. The van der Waals surface area contributed by atoms with Crippen molar-refractivity contribution in [1.82, 2.24) is 25.4 Å². The van der Waals surface area contributed by atoms with Crippen LogP contribution in [-0.2, 0) is 0 Å². The van der Waals surface area contributed by atoms with Gasteiger partial charge in [0.15, 0.2) is 11.5 Å². The van der Waals surface area contributed by atoms with Crippen LogP contribution in [0.15, 0.2) is 84.4 Å². The van der Waals surface area contributed by atoms with Crippen LogP contribution in [0.1, 0.15) is 19.4 Å². The number of nitrogens with two attached hydrogens (primary N) is 2. The summed E-state index contributed by atoms with van der Waals surface area (Å²) in [5, 5.41) is 14.1. The molecule has 0 aliphatic carbocycles. The van der Waals surface area contributed by atoms with Crippen LogP contribution < -0.4 is 27.3 Å². The molecule has 2 unspecified atom stereocenters. The van der Waals surface area contributed by atoms with Gasteiger partial charge in [0, 0.05) is 59.9 Å². The maximum Gasteiger partial charge on any atom is 0.162 e. The maximum atomic E-state index is 6.14. The van der Waals surface area contributed by atoms with Crippen molar-refractivity contribution < 1.29 is 0 Å². The fraction of sp³-hybridized carbons (Fsp3) is 0.207. The minimum atomic E-state index is 0.324. The summed E-state index contributed by atoms with van der Waals surface area (Å²) in [6.45, 7) is 6.52. The first-order valence-electron chi connectivity index (χ1n) is 12.8. The zero-order valence-electron chi connectivity index (χ0n) is 21.5. The molecule has 2 atom stereocenters. The topological polar surface area (TPSA) is 122 Å². The monoisotopic (exact) mass is 505 g/mol. The highest BCUT2D eigenvalue weighted by Gasteiger charge is 2.24. The molecule has 0 saturated carbocycles. The van der Waals surface area contributed by atoms with Crippen molar-refractivity contribution in [2.75, 3.05) is 18.0 Å². The summed E-state index contributed by atoms with van der Waals surface area (Å²) in [4.78, 5) is 7.32. The molecule has 3 aromatic carbocycles. The van der Waals surface area contributed by atoms with Crippen LogP contribution in [0.2, 0.25) is 0 Å². The van der Waals surface area contributed by atoms with Crippen molar-refractivity contribution in [2.24, 2.45) is 16.7 Å². The molecule has 9 heteroatoms. The fourth-order valence-corrected chi connectivity index (χ4v) is 5.58. The minimum Gasteiger partial charge on any atom is -0.382 e. The van der Waals surface area contributed by atoms with E-state index in [2.05, 4.69) is 76.2 Å². The van der Waals surface area contributed by atoms with Crippen LogP contribution in [0.3, 0.4) is 0 Å². The summed E-state index contributed by atoms with van der Waals surface area (Å²) >= 11 is 0. The van der Waals surface area contributed by atoms with Gasteiger partial charge in [-0.05, 0) is 47.9 Å². The Morgan fingerprint density at radius 3 is 2.42 bits per heavy atom. The minimum absolute atomic E-state index is 0.324. The molecule has 192 valence electrons. The van der Waals surface area contributed by atoms with Gasteiger partial charge in [0.05, 0.1) is 6.20 Å². The first-order valence-corrected chi connectivity index (χ1v) is 12.8. The average molecular weight is 506 g/mol. The maximum absolute atomic E-state index is 6.14. The van der Waals surface area contributed by atoms with Crippen LogP contribution in [0, 0.1) is 0 Å². The number of hydrogen-bond acceptors (Lipinski definition) is 7. The van der Waals surface area contributed by atoms with Gasteiger partial charge in [-0.3, -0.25) is 0 Å². The molecule has 38 heavy (non-hydrogen) atoms. The third-order valence-corrected chi connectivity index (χ3v) is 7.36. The molecule has 6 N–H and O–H groups in total. The van der Waals surface area contributed by atoms with Gasteiger partial charge in [-0.15, -0.1) is 5.10 Å². The second-order valence-electron chi connectivity index (χ2n) is 9.81. The van der Waals surface area contributed by atoms with Crippen LogP contribution in [0.4, 0.5) is 5.69 Å². The molecule has 1 fully saturated rings. The first kappa shape index (κ1) is 23.9. The Bertz CT molecular complexity index is 1630. The molecule has 0 radical (unpaired) electrons. The molecule has 1 aliphatic rings. The number of hydrazine groups is 1. The van der Waals surface area contributed by atoms with Gasteiger partial charge in [-0.2, -0.15) is 5.10 Å². The molecule has 0 spiro atoms. The summed E-state index contributed by atoms with van der Waals surface area (Å²) in [5.74, 6) is 5.67. The van der Waals surface area contributed by atoms with E-state index >= 15 is 0 Å². The van der Waals surface area contributed by atoms with Crippen molar-refractivity contribution in [3.8, 4) is 22.3 Å². The van der Waals surface area contributed by atoms with Gasteiger partial charge in [0.2, 0.25) is 0 Å². The Morgan fingerprint density at radius 2 is 1.66 bits per heavy atom. The Labute approximate surface area is 221 Å². The number of anilines is 1. The number of aromatic nitrogens is 3. The lowest BCUT2D eigenvalue weighted by Gasteiger charge is -2.41. The second kappa shape index (κ2) is 9.77. The van der Waals surface area contributed by atoms with E-state index in [0.717, 1.165) is 57.3 Å². The van der Waals surface area contributed by atoms with Crippen LogP contribution in [-0.4, -0.2) is 45.6 Å². The third-order valence-electron chi connectivity index (χ3n) is 7.36. The molecule has 1 aliphatic heterocycles. The Balaban J connectivity index is 1.35. The van der Waals surface area contributed by atoms with Gasteiger partial charge in [0.25, 0.3) is 0 Å². The molecular weight excluding hydrogens is 474 g/mol. The zero-order valence-corrected chi connectivity index (χ0v) is 21.5. The predicted molar refractivity (Wildman–Crippen MR) is 154 cm³/mol. The quantitative estimate of drug-likeness (QED) is 0.125. The van der Waals surface area contributed by atoms with E-state index < -0.39 is 0 Å². The molecule has 5 aromatic rings. The number of benzene rings is 3. The van der Waals surface area contributed by atoms with Gasteiger partial charge < -0.3 is 16.0 Å². The standard InChI is InChI=1S/C29H31N9/c1-18-13-32-14-19(2)38(18)22-11-9-20(10-12-22)21-15-33-29-27(16-34-37(29)17-21)25-7-3-6-24-23(25)5-4-8-26(24)28(30)35-36-31/h3-12,15-19,32,36H,13-14,31H2,1-2H3,(H2,30,35). The average Bonchev–Trinajstić information content (AvgIpc) is 3.36. The zero-order chi connectivity index (χ0) is 26.2. The number of fused-ring (bicyclic) bond motifs is 2. The number of piperazine rings is 1. The summed E-state index contributed by atoms with van der Waals surface area (Å²) in [6, 6.07) is 21.7. The summed E-state index contributed by atoms with van der Waals surface area (Å²) in [6.07, 6.45) is 5.81. The van der Waals surface area contributed by atoms with E-state index in [1.807, 2.05) is 47.4 Å². The summed E-state index contributed by atoms with van der Waals surface area (Å²) < 4.78 is 1.84. The largest absolute Gasteiger partial charge is 0.382 e. The number of nitrogens with one attached hydrogen (secondary N) is 2. The smallest absolute Gasteiger partial charge is 0.162 e. The van der Waals surface area contributed by atoms with E-state index in [1.165, 1.54) is 5.69 Å². The number of rotatable bonds is 5. The molecular formula is C29H31N9. The van der Waals surface area contributed by atoms with Crippen LogP contribution >= 0.6 is 0 Å². The van der Waals surface area contributed by atoms with E-state index in [0.29, 0.717) is 17.9 Å². The fourth-order valence-electron chi connectivity index (χ4n) is 5.58. The Morgan fingerprint density at radius 1 is 0.921 bits per heavy atom. The molecule has 9 nitrogen and oxygen atoms in total. The molecule has 1 saturated heterocycles. The van der Waals surface area contributed by atoms with Crippen LogP contribution in [0.25, 0.3) is 38.7 Å². The lowest BCUT2D eigenvalue weighted by atomic mass is 9.96. The number of nitrogens with zero attached hydrogens (tertiary/aromatic N) is 5. The summed E-state index contributed by atoms with van der Waals surface area (Å²) in [7, 11) is 0. The molecule has 2 aromatic heterocycles. The number of amidine groups is 1. The highest BCUT2D eigenvalue weighted by molar-refractivity contribution is 6.12. The van der Waals surface area contributed by atoms with E-state index in [-0.39, 0.29) is 0 Å². The SMILES string of the molecule is CC1CNCC(C)N1c1ccc(-c2cnc3c(-c4cccc5c(/C(N)=N/NN)cccc45)cnn3c2)cc1. The van der Waals surface area contributed by atoms with Crippen molar-refractivity contribution >= 4 is 27.9 Å². The highest BCUT2D eigenvalue weighted by Crippen LogP contribution is 2.33. The highest BCUT2D eigenvalue weighted by atomic mass is 15.5. The normalized spacial score (nSPS) is 18.3. The molecule has 0 bridgehead atoms. The van der Waals surface area contributed by atoms with Crippen molar-refractivity contribution in [1.29, 1.82) is 0 Å². The first-order chi connectivity index (χ1) is 18.5.